The highest BCUT2D eigenvalue weighted by Gasteiger charge is 2.15. The third-order valence-corrected chi connectivity index (χ3v) is 3.43. The van der Waals surface area contributed by atoms with Crippen molar-refractivity contribution in [3.63, 3.8) is 0 Å². The molecule has 0 saturated carbocycles. The number of para-hydroxylation sites is 1. The third kappa shape index (κ3) is 2.71. The summed E-state index contributed by atoms with van der Waals surface area (Å²) in [4.78, 5) is 17.6. The predicted molar refractivity (Wildman–Crippen MR) is 82.8 cm³/mol. The molecule has 3 rings (SSSR count). The molecular weight excluding hydrogens is 282 g/mol. The van der Waals surface area contributed by atoms with E-state index in [4.69, 9.17) is 4.74 Å². The van der Waals surface area contributed by atoms with E-state index >= 15 is 0 Å². The van der Waals surface area contributed by atoms with Crippen molar-refractivity contribution in [3.05, 3.63) is 42.5 Å². The van der Waals surface area contributed by atoms with Crippen LogP contribution in [0.1, 0.15) is 5.56 Å². The second-order valence-corrected chi connectivity index (χ2v) is 4.76. The van der Waals surface area contributed by atoms with Crippen LogP contribution in [0, 0.1) is 0 Å². The quantitative estimate of drug-likeness (QED) is 0.714. The van der Waals surface area contributed by atoms with Crippen molar-refractivity contribution in [1.82, 2.24) is 19.9 Å². The van der Waals surface area contributed by atoms with Gasteiger partial charge in [0.1, 0.15) is 17.6 Å². The molecule has 0 amide bonds. The molecule has 0 spiro atoms. The van der Waals surface area contributed by atoms with Crippen LogP contribution >= 0.6 is 0 Å². The van der Waals surface area contributed by atoms with Crippen molar-refractivity contribution in [1.29, 1.82) is 0 Å². The Balaban J connectivity index is 1.98. The number of aromatic nitrogens is 4. The molecule has 0 aliphatic rings. The molecule has 114 valence electrons. The van der Waals surface area contributed by atoms with E-state index in [0.29, 0.717) is 24.6 Å². The number of fused-ring (bicyclic) bond motifs is 1. The fourth-order valence-electron chi connectivity index (χ4n) is 2.41. The van der Waals surface area contributed by atoms with Gasteiger partial charge < -0.3 is 19.7 Å². The number of aliphatic hydroxyl groups is 1. The Morgan fingerprint density at radius 3 is 2.91 bits per heavy atom. The molecule has 22 heavy (non-hydrogen) atoms. The summed E-state index contributed by atoms with van der Waals surface area (Å²) in [6.45, 7) is 1.04. The highest BCUT2D eigenvalue weighted by Crippen LogP contribution is 2.25. The van der Waals surface area contributed by atoms with E-state index in [9.17, 15) is 5.11 Å². The number of hydrogen-bond acceptors (Lipinski definition) is 6. The van der Waals surface area contributed by atoms with Crippen molar-refractivity contribution in [2.45, 2.75) is 6.54 Å². The van der Waals surface area contributed by atoms with E-state index in [1.54, 1.807) is 13.4 Å². The van der Waals surface area contributed by atoms with Crippen molar-refractivity contribution in [2.75, 3.05) is 25.2 Å². The minimum atomic E-state index is 0.0226. The Labute approximate surface area is 127 Å². The monoisotopic (exact) mass is 299 g/mol. The van der Waals surface area contributed by atoms with E-state index in [1.165, 1.54) is 6.33 Å². The lowest BCUT2D eigenvalue weighted by atomic mass is 10.2. The van der Waals surface area contributed by atoms with Crippen LogP contribution in [0.2, 0.25) is 0 Å². The largest absolute Gasteiger partial charge is 0.496 e. The third-order valence-electron chi connectivity index (χ3n) is 3.43. The lowest BCUT2D eigenvalue weighted by molar-refractivity contribution is 0.301. The molecule has 2 N–H and O–H groups in total. The molecule has 0 saturated heterocycles. The van der Waals surface area contributed by atoms with Crippen LogP contribution in [-0.4, -0.2) is 45.3 Å². The first-order valence-corrected chi connectivity index (χ1v) is 6.95. The number of rotatable bonds is 6. The first-order valence-electron chi connectivity index (χ1n) is 6.95. The molecule has 0 aliphatic carbocycles. The molecule has 0 radical (unpaired) electrons. The van der Waals surface area contributed by atoms with Crippen LogP contribution in [-0.2, 0) is 6.54 Å². The normalized spacial score (nSPS) is 10.8. The van der Waals surface area contributed by atoms with Gasteiger partial charge in [0.15, 0.2) is 11.5 Å². The van der Waals surface area contributed by atoms with Gasteiger partial charge in [-0.1, -0.05) is 18.2 Å². The van der Waals surface area contributed by atoms with Crippen LogP contribution in [0.4, 0.5) is 5.82 Å². The molecule has 3 aromatic rings. The van der Waals surface area contributed by atoms with E-state index in [-0.39, 0.29) is 6.61 Å². The van der Waals surface area contributed by atoms with Gasteiger partial charge >= 0.3 is 0 Å². The van der Waals surface area contributed by atoms with Gasteiger partial charge in [-0.15, -0.1) is 0 Å². The molecule has 2 heterocycles. The SMILES string of the molecule is COc1ccccc1CN(CCO)c1ncnc2nc[nH]c12. The maximum Gasteiger partial charge on any atom is 0.182 e. The minimum Gasteiger partial charge on any atom is -0.496 e. The number of benzene rings is 1. The zero-order valence-corrected chi connectivity index (χ0v) is 12.2. The molecular formula is C15H17N5O2. The highest BCUT2D eigenvalue weighted by atomic mass is 16.5. The summed E-state index contributed by atoms with van der Waals surface area (Å²) in [5, 5.41) is 9.38. The van der Waals surface area contributed by atoms with Crippen LogP contribution in [0.3, 0.4) is 0 Å². The van der Waals surface area contributed by atoms with E-state index < -0.39 is 0 Å². The fraction of sp³-hybridized carbons (Fsp3) is 0.267. The second-order valence-electron chi connectivity index (χ2n) is 4.76. The molecule has 2 aromatic heterocycles. The summed E-state index contributed by atoms with van der Waals surface area (Å²) in [6, 6.07) is 7.80. The van der Waals surface area contributed by atoms with Gasteiger partial charge in [0.25, 0.3) is 0 Å². The lowest BCUT2D eigenvalue weighted by Crippen LogP contribution is -2.27. The molecule has 7 nitrogen and oxygen atoms in total. The summed E-state index contributed by atoms with van der Waals surface area (Å²) < 4.78 is 5.39. The number of H-pyrrole nitrogens is 1. The molecule has 0 fully saturated rings. The molecule has 0 unspecified atom stereocenters. The summed E-state index contributed by atoms with van der Waals surface area (Å²) in [5.74, 6) is 1.52. The van der Waals surface area contributed by atoms with Crippen molar-refractivity contribution in [2.24, 2.45) is 0 Å². The van der Waals surface area contributed by atoms with Crippen molar-refractivity contribution >= 4 is 17.0 Å². The maximum absolute atomic E-state index is 9.38. The Morgan fingerprint density at radius 2 is 2.09 bits per heavy atom. The van der Waals surface area contributed by atoms with E-state index in [2.05, 4.69) is 19.9 Å². The lowest BCUT2D eigenvalue weighted by Gasteiger charge is -2.24. The predicted octanol–water partition coefficient (Wildman–Crippen LogP) is 1.36. The molecule has 0 atom stereocenters. The smallest absolute Gasteiger partial charge is 0.182 e. The Hall–Kier alpha value is -2.67. The zero-order valence-electron chi connectivity index (χ0n) is 12.2. The van der Waals surface area contributed by atoms with Crippen LogP contribution < -0.4 is 9.64 Å². The van der Waals surface area contributed by atoms with Gasteiger partial charge in [-0.3, -0.25) is 0 Å². The summed E-state index contributed by atoms with van der Waals surface area (Å²) in [7, 11) is 1.65. The average Bonchev–Trinajstić information content (AvgIpc) is 3.03. The maximum atomic E-state index is 9.38. The number of aliphatic hydroxyl groups excluding tert-OH is 1. The number of hydrogen-bond donors (Lipinski definition) is 2. The minimum absolute atomic E-state index is 0.0226. The first-order chi connectivity index (χ1) is 10.8. The molecule has 7 heteroatoms. The van der Waals surface area contributed by atoms with E-state index in [0.717, 1.165) is 16.8 Å². The fourth-order valence-corrected chi connectivity index (χ4v) is 2.41. The number of imidazole rings is 1. The number of anilines is 1. The summed E-state index contributed by atoms with van der Waals surface area (Å²) in [6.07, 6.45) is 3.06. The number of ether oxygens (including phenoxy) is 1. The van der Waals surface area contributed by atoms with Crippen molar-refractivity contribution < 1.29 is 9.84 Å². The van der Waals surface area contributed by atoms with E-state index in [1.807, 2.05) is 29.2 Å². The topological polar surface area (TPSA) is 87.2 Å². The highest BCUT2D eigenvalue weighted by molar-refractivity contribution is 5.82. The van der Waals surface area contributed by atoms with Crippen LogP contribution in [0.25, 0.3) is 11.2 Å². The van der Waals surface area contributed by atoms with Gasteiger partial charge in [0, 0.05) is 18.7 Å². The van der Waals surface area contributed by atoms with Gasteiger partial charge in [-0.2, -0.15) is 0 Å². The zero-order chi connectivity index (χ0) is 15.4. The Kier molecular flexibility index (Phi) is 4.15. The summed E-state index contributed by atoms with van der Waals surface area (Å²) in [5.41, 5.74) is 2.38. The molecule has 1 aromatic carbocycles. The Bertz CT molecular complexity index is 758. The average molecular weight is 299 g/mol. The van der Waals surface area contributed by atoms with Crippen LogP contribution in [0.15, 0.2) is 36.9 Å². The molecule has 0 bridgehead atoms. The number of nitrogens with zero attached hydrogens (tertiary/aromatic N) is 4. The number of nitrogens with one attached hydrogen (secondary N) is 1. The number of aromatic amines is 1. The molecule has 0 aliphatic heterocycles. The Morgan fingerprint density at radius 1 is 1.23 bits per heavy atom. The van der Waals surface area contributed by atoms with Gasteiger partial charge in [0.2, 0.25) is 0 Å². The van der Waals surface area contributed by atoms with Gasteiger partial charge in [-0.25, -0.2) is 15.0 Å². The second kappa shape index (κ2) is 6.40. The summed E-state index contributed by atoms with van der Waals surface area (Å²) >= 11 is 0. The first kappa shape index (κ1) is 14.3. The van der Waals surface area contributed by atoms with Gasteiger partial charge in [-0.05, 0) is 6.07 Å². The van der Waals surface area contributed by atoms with Gasteiger partial charge in [0.05, 0.1) is 20.0 Å². The van der Waals surface area contributed by atoms with Crippen molar-refractivity contribution in [3.8, 4) is 5.75 Å². The van der Waals surface area contributed by atoms with Crippen LogP contribution in [0.5, 0.6) is 5.75 Å². The standard InChI is InChI=1S/C15H17N5O2/c1-22-12-5-3-2-4-11(12)8-20(6-7-21)15-13-14(17-9-16-13)18-10-19-15/h2-5,9-10,21H,6-8H2,1H3,(H,16,17,18,19). The number of methoxy groups -OCH3 is 1.